The summed E-state index contributed by atoms with van der Waals surface area (Å²) >= 11 is 0. The second-order valence-electron chi connectivity index (χ2n) is 2.87. The van der Waals surface area contributed by atoms with E-state index in [9.17, 15) is 24.6 Å². The Morgan fingerprint density at radius 2 is 1.33 bits per heavy atom. The molecule has 0 fully saturated rings. The molecule has 5 nitrogen and oxygen atoms in total. The van der Waals surface area contributed by atoms with E-state index in [0.29, 0.717) is 13.1 Å². The van der Waals surface area contributed by atoms with Gasteiger partial charge < -0.3 is 4.90 Å². The van der Waals surface area contributed by atoms with E-state index in [1.807, 2.05) is 0 Å². The Balaban J connectivity index is 5.01. The molecule has 0 aliphatic rings. The number of nitrogens with zero attached hydrogens (tertiary/aromatic N) is 1. The minimum absolute atomic E-state index is 0.304. The van der Waals surface area contributed by atoms with Crippen molar-refractivity contribution in [3.8, 4) is 0 Å². The van der Waals surface area contributed by atoms with E-state index in [1.54, 1.807) is 13.8 Å². The molecule has 0 radical (unpaired) electrons. The van der Waals surface area contributed by atoms with Crippen LogP contribution in [-0.2, 0) is 20.4 Å². The lowest BCUT2D eigenvalue weighted by Crippen LogP contribution is -2.39. The molecule has 0 aliphatic carbocycles. The highest BCUT2D eigenvalue weighted by Gasteiger charge is 2.39. The first-order chi connectivity index (χ1) is 6.62. The summed E-state index contributed by atoms with van der Waals surface area (Å²) in [6.07, 6.45) is 0. The zero-order chi connectivity index (χ0) is 12.3. The number of rotatable bonds is 6. The van der Waals surface area contributed by atoms with Crippen molar-refractivity contribution in [1.29, 1.82) is 0 Å². The summed E-state index contributed by atoms with van der Waals surface area (Å²) in [5.41, 5.74) is 0. The van der Waals surface area contributed by atoms with Crippen molar-refractivity contribution in [1.82, 2.24) is 4.90 Å². The summed E-state index contributed by atoms with van der Waals surface area (Å²) < 4.78 is 64.1. The zero-order valence-corrected chi connectivity index (χ0v) is 9.98. The SMILES string of the molecule is CCN(CC)CC(S(=O)(=O)F)S(=O)(=O)F. The third-order valence-electron chi connectivity index (χ3n) is 1.93. The topological polar surface area (TPSA) is 71.5 Å². The van der Waals surface area contributed by atoms with Crippen LogP contribution in [0, 0.1) is 0 Å². The third kappa shape index (κ3) is 4.85. The smallest absolute Gasteiger partial charge is 0.301 e. The van der Waals surface area contributed by atoms with Crippen molar-refractivity contribution in [3.05, 3.63) is 0 Å². The average Bonchev–Trinajstić information content (AvgIpc) is 2.01. The van der Waals surface area contributed by atoms with E-state index in [1.165, 1.54) is 4.90 Å². The van der Waals surface area contributed by atoms with Crippen LogP contribution in [0.1, 0.15) is 13.8 Å². The van der Waals surface area contributed by atoms with Gasteiger partial charge in [0.1, 0.15) is 0 Å². The van der Waals surface area contributed by atoms with Gasteiger partial charge in [0.25, 0.3) is 0 Å². The molecule has 0 heterocycles. The van der Waals surface area contributed by atoms with Crippen LogP contribution < -0.4 is 0 Å². The molecule has 92 valence electrons. The van der Waals surface area contributed by atoms with Crippen molar-refractivity contribution in [2.24, 2.45) is 0 Å². The van der Waals surface area contributed by atoms with Crippen LogP contribution in [-0.4, -0.2) is 46.0 Å². The van der Waals surface area contributed by atoms with Gasteiger partial charge in [-0.15, -0.1) is 7.77 Å². The maximum absolute atomic E-state index is 12.5. The second-order valence-corrected chi connectivity index (χ2v) is 6.21. The maximum Gasteiger partial charge on any atom is 0.323 e. The molecule has 0 saturated heterocycles. The largest absolute Gasteiger partial charge is 0.323 e. The Morgan fingerprint density at radius 1 is 1.00 bits per heavy atom. The fourth-order valence-electron chi connectivity index (χ4n) is 1.01. The molecule has 0 bridgehead atoms. The van der Waals surface area contributed by atoms with Crippen molar-refractivity contribution in [2.75, 3.05) is 19.6 Å². The molecule has 0 N–H and O–H groups in total. The first-order valence-electron chi connectivity index (χ1n) is 4.22. The quantitative estimate of drug-likeness (QED) is 0.644. The molecule has 0 aromatic rings. The minimum Gasteiger partial charge on any atom is -0.301 e. The molecular weight excluding hydrogens is 252 g/mol. The fourth-order valence-corrected chi connectivity index (χ4v) is 2.88. The van der Waals surface area contributed by atoms with Crippen molar-refractivity contribution < 1.29 is 24.6 Å². The van der Waals surface area contributed by atoms with Gasteiger partial charge in [-0.05, 0) is 13.1 Å². The Bertz CT molecular complexity index is 355. The van der Waals surface area contributed by atoms with Gasteiger partial charge in [0.2, 0.25) is 4.58 Å². The summed E-state index contributed by atoms with van der Waals surface area (Å²) in [5, 5.41) is 0. The minimum atomic E-state index is -5.44. The highest BCUT2D eigenvalue weighted by molar-refractivity contribution is 8.04. The monoisotopic (exact) mass is 265 g/mol. The van der Waals surface area contributed by atoms with E-state index in [0.717, 1.165) is 0 Å². The van der Waals surface area contributed by atoms with E-state index in [-0.39, 0.29) is 0 Å². The molecule has 0 spiro atoms. The average molecular weight is 265 g/mol. The molecule has 0 atom stereocenters. The van der Waals surface area contributed by atoms with Crippen LogP contribution >= 0.6 is 0 Å². The van der Waals surface area contributed by atoms with Gasteiger partial charge in [-0.2, -0.15) is 16.8 Å². The molecule has 0 rings (SSSR count). The Kier molecular flexibility index (Phi) is 5.07. The number of hydrogen-bond donors (Lipinski definition) is 0. The zero-order valence-electron chi connectivity index (χ0n) is 8.35. The lowest BCUT2D eigenvalue weighted by molar-refractivity contribution is 0.311. The molecule has 0 saturated carbocycles. The number of halogens is 2. The molecule has 0 aromatic heterocycles. The maximum atomic E-state index is 12.5. The van der Waals surface area contributed by atoms with Crippen LogP contribution in [0.2, 0.25) is 0 Å². The Labute approximate surface area is 88.5 Å². The van der Waals surface area contributed by atoms with Crippen LogP contribution in [0.3, 0.4) is 0 Å². The molecule has 15 heavy (non-hydrogen) atoms. The summed E-state index contributed by atoms with van der Waals surface area (Å²) in [5.74, 6) is 0. The number of hydrogen-bond acceptors (Lipinski definition) is 5. The molecule has 0 unspecified atom stereocenters. The highest BCUT2D eigenvalue weighted by Crippen LogP contribution is 2.15. The first-order valence-corrected chi connectivity index (χ1v) is 7.11. The predicted molar refractivity (Wildman–Crippen MR) is 51.6 cm³/mol. The molecule has 0 amide bonds. The summed E-state index contributed by atoms with van der Waals surface area (Å²) in [7, 11) is -10.9. The van der Waals surface area contributed by atoms with E-state index in [4.69, 9.17) is 0 Å². The standard InChI is InChI=1S/C6H13F2NO4S2/c1-3-9(4-2)5-6(14(7,10)11)15(8,12)13/h6H,3-5H2,1-2H3. The van der Waals surface area contributed by atoms with Gasteiger partial charge in [0.05, 0.1) is 0 Å². The van der Waals surface area contributed by atoms with Crippen molar-refractivity contribution in [2.45, 2.75) is 18.4 Å². The van der Waals surface area contributed by atoms with Crippen LogP contribution in [0.4, 0.5) is 7.77 Å². The van der Waals surface area contributed by atoms with Crippen molar-refractivity contribution in [3.63, 3.8) is 0 Å². The molecule has 0 aromatic carbocycles. The van der Waals surface area contributed by atoms with Crippen LogP contribution in [0.15, 0.2) is 0 Å². The van der Waals surface area contributed by atoms with E-state index >= 15 is 0 Å². The normalized spacial score (nSPS) is 13.7. The van der Waals surface area contributed by atoms with E-state index in [2.05, 4.69) is 0 Å². The van der Waals surface area contributed by atoms with Gasteiger partial charge in [-0.1, -0.05) is 13.8 Å². The van der Waals surface area contributed by atoms with Crippen molar-refractivity contribution >= 4 is 20.4 Å². The van der Waals surface area contributed by atoms with Gasteiger partial charge in [-0.3, -0.25) is 0 Å². The van der Waals surface area contributed by atoms with Crippen LogP contribution in [0.5, 0.6) is 0 Å². The summed E-state index contributed by atoms with van der Waals surface area (Å²) in [4.78, 5) is 1.30. The molecule has 0 aliphatic heterocycles. The highest BCUT2D eigenvalue weighted by atomic mass is 32.3. The third-order valence-corrected chi connectivity index (χ3v) is 4.86. The van der Waals surface area contributed by atoms with Gasteiger partial charge >= 0.3 is 20.4 Å². The predicted octanol–water partition coefficient (Wildman–Crippen LogP) is 0.253. The Hall–Kier alpha value is -0.280. The summed E-state index contributed by atoms with van der Waals surface area (Å²) in [6, 6.07) is 0. The van der Waals surface area contributed by atoms with Crippen LogP contribution in [0.25, 0.3) is 0 Å². The molecule has 9 heteroatoms. The lowest BCUT2D eigenvalue weighted by atomic mass is 10.5. The van der Waals surface area contributed by atoms with Gasteiger partial charge in [0, 0.05) is 6.54 Å². The van der Waals surface area contributed by atoms with Gasteiger partial charge in [0.15, 0.2) is 0 Å². The molecular formula is C6H13F2NO4S2. The first kappa shape index (κ1) is 14.7. The fraction of sp³-hybridized carbons (Fsp3) is 1.00. The van der Waals surface area contributed by atoms with Gasteiger partial charge in [-0.25, -0.2) is 0 Å². The Morgan fingerprint density at radius 3 is 1.53 bits per heavy atom. The summed E-state index contributed by atoms with van der Waals surface area (Å²) in [6.45, 7) is 3.15. The second kappa shape index (κ2) is 5.17. The van der Waals surface area contributed by atoms with E-state index < -0.39 is 31.6 Å². The lowest BCUT2D eigenvalue weighted by Gasteiger charge is -2.20.